The van der Waals surface area contributed by atoms with Crippen molar-refractivity contribution >= 4 is 12.1 Å². The zero-order chi connectivity index (χ0) is 13.2. The number of likely N-dealkylation sites (tertiary alicyclic amines) is 1. The first kappa shape index (κ1) is 13.8. The minimum Gasteiger partial charge on any atom is -0.481 e. The molecule has 0 aliphatic carbocycles. The third-order valence-corrected chi connectivity index (χ3v) is 2.64. The van der Waals surface area contributed by atoms with Crippen molar-refractivity contribution in [1.82, 2.24) is 4.90 Å². The van der Waals surface area contributed by atoms with Crippen LogP contribution in [0.4, 0.5) is 4.79 Å². The van der Waals surface area contributed by atoms with Gasteiger partial charge in [0.2, 0.25) is 0 Å². The van der Waals surface area contributed by atoms with Crippen molar-refractivity contribution in [2.45, 2.75) is 26.4 Å². The predicted molar refractivity (Wildman–Crippen MR) is 59.5 cm³/mol. The number of carboxylic acid groups (broad SMARTS) is 1. The third-order valence-electron chi connectivity index (χ3n) is 2.64. The summed E-state index contributed by atoms with van der Waals surface area (Å²) in [7, 11) is 0. The van der Waals surface area contributed by atoms with Gasteiger partial charge in [0, 0.05) is 25.6 Å². The average Bonchev–Trinajstić information content (AvgIpc) is 2.58. The van der Waals surface area contributed by atoms with E-state index >= 15 is 0 Å². The van der Waals surface area contributed by atoms with E-state index in [4.69, 9.17) is 14.9 Å². The maximum Gasteiger partial charge on any atom is 0.410 e. The number of aliphatic hydroxyl groups excluding tert-OH is 1. The summed E-state index contributed by atoms with van der Waals surface area (Å²) in [6, 6.07) is 0. The number of amides is 1. The molecule has 1 aliphatic rings. The molecule has 0 aromatic heterocycles. The number of hydrogen-bond donors (Lipinski definition) is 2. The molecule has 1 rings (SSSR count). The molecule has 2 atom stereocenters. The quantitative estimate of drug-likeness (QED) is 0.741. The van der Waals surface area contributed by atoms with Crippen molar-refractivity contribution in [3.8, 4) is 0 Å². The molecular weight excluding hydrogens is 226 g/mol. The summed E-state index contributed by atoms with van der Waals surface area (Å²) in [6.07, 6.45) is -0.528. The molecule has 0 aromatic rings. The Hall–Kier alpha value is -1.30. The summed E-state index contributed by atoms with van der Waals surface area (Å²) >= 11 is 0. The van der Waals surface area contributed by atoms with Crippen LogP contribution in [0.25, 0.3) is 0 Å². The Morgan fingerprint density at radius 1 is 1.35 bits per heavy atom. The van der Waals surface area contributed by atoms with Gasteiger partial charge in [0.05, 0.1) is 5.92 Å². The Bertz CT molecular complexity index is 309. The van der Waals surface area contributed by atoms with Crippen LogP contribution in [-0.2, 0) is 9.53 Å². The third kappa shape index (κ3) is 3.59. The fraction of sp³-hybridized carbons (Fsp3) is 0.818. The molecule has 2 N–H and O–H groups in total. The topological polar surface area (TPSA) is 87.1 Å². The van der Waals surface area contributed by atoms with E-state index in [-0.39, 0.29) is 19.7 Å². The standard InChI is InChI=1S/C11H19NO5/c1-11(2,3)17-10(16)12-4-7(6-13)8(5-12)9(14)15/h7-8,13H,4-6H2,1-3H3,(H,14,15)/t7-,8+/m1/s1. The first-order valence-electron chi connectivity index (χ1n) is 5.56. The lowest BCUT2D eigenvalue weighted by Crippen LogP contribution is -2.36. The zero-order valence-electron chi connectivity index (χ0n) is 10.3. The predicted octanol–water partition coefficient (Wildman–Crippen LogP) is 0.546. The monoisotopic (exact) mass is 245 g/mol. The Kier molecular flexibility index (Phi) is 3.98. The van der Waals surface area contributed by atoms with E-state index in [1.165, 1.54) is 4.90 Å². The second-order valence-corrected chi connectivity index (χ2v) is 5.27. The summed E-state index contributed by atoms with van der Waals surface area (Å²) in [5.41, 5.74) is -0.604. The van der Waals surface area contributed by atoms with Gasteiger partial charge in [0.15, 0.2) is 0 Å². The van der Waals surface area contributed by atoms with Gasteiger partial charge in [-0.25, -0.2) is 4.79 Å². The van der Waals surface area contributed by atoms with Gasteiger partial charge >= 0.3 is 12.1 Å². The molecule has 98 valence electrons. The van der Waals surface area contributed by atoms with Crippen LogP contribution in [0.3, 0.4) is 0 Å². The molecule has 6 heteroatoms. The van der Waals surface area contributed by atoms with Crippen LogP contribution in [0.5, 0.6) is 0 Å². The van der Waals surface area contributed by atoms with Gasteiger partial charge in [0.25, 0.3) is 0 Å². The van der Waals surface area contributed by atoms with Crippen molar-refractivity contribution in [2.24, 2.45) is 11.8 Å². The molecule has 0 radical (unpaired) electrons. The number of aliphatic carboxylic acids is 1. The lowest BCUT2D eigenvalue weighted by molar-refractivity contribution is -0.142. The van der Waals surface area contributed by atoms with Gasteiger partial charge < -0.3 is 19.8 Å². The SMILES string of the molecule is CC(C)(C)OC(=O)N1C[C@H](CO)[C@@H](C(=O)O)C1. The van der Waals surface area contributed by atoms with Gasteiger partial charge in [-0.3, -0.25) is 4.79 Å². The Morgan fingerprint density at radius 2 is 1.94 bits per heavy atom. The maximum absolute atomic E-state index is 11.7. The van der Waals surface area contributed by atoms with Crippen molar-refractivity contribution in [3.05, 3.63) is 0 Å². The minimum atomic E-state index is -0.991. The first-order chi connectivity index (χ1) is 7.74. The number of nitrogens with zero attached hydrogens (tertiary/aromatic N) is 1. The van der Waals surface area contributed by atoms with Gasteiger partial charge in [0.1, 0.15) is 5.60 Å². The molecule has 1 amide bonds. The van der Waals surface area contributed by atoms with Crippen molar-refractivity contribution in [3.63, 3.8) is 0 Å². The molecule has 0 spiro atoms. The second-order valence-electron chi connectivity index (χ2n) is 5.27. The second kappa shape index (κ2) is 4.91. The van der Waals surface area contributed by atoms with E-state index in [9.17, 15) is 9.59 Å². The summed E-state index contributed by atoms with van der Waals surface area (Å²) in [5.74, 6) is -2.12. The normalized spacial score (nSPS) is 24.8. The largest absolute Gasteiger partial charge is 0.481 e. The van der Waals surface area contributed by atoms with Gasteiger partial charge in [-0.1, -0.05) is 0 Å². The lowest BCUT2D eigenvalue weighted by Gasteiger charge is -2.24. The number of carboxylic acids is 1. The van der Waals surface area contributed by atoms with Crippen LogP contribution >= 0.6 is 0 Å². The smallest absolute Gasteiger partial charge is 0.410 e. The average molecular weight is 245 g/mol. The Balaban J connectivity index is 2.64. The summed E-state index contributed by atoms with van der Waals surface area (Å²) < 4.78 is 5.15. The Labute approximate surface area is 100 Å². The van der Waals surface area contributed by atoms with Gasteiger partial charge in [-0.15, -0.1) is 0 Å². The summed E-state index contributed by atoms with van der Waals surface area (Å²) in [4.78, 5) is 24.0. The van der Waals surface area contributed by atoms with Crippen LogP contribution in [-0.4, -0.2) is 52.5 Å². The number of hydrogen-bond acceptors (Lipinski definition) is 4. The highest BCUT2D eigenvalue weighted by Crippen LogP contribution is 2.25. The molecule has 0 unspecified atom stereocenters. The zero-order valence-corrected chi connectivity index (χ0v) is 10.3. The molecular formula is C11H19NO5. The van der Waals surface area contributed by atoms with Crippen LogP contribution in [0.1, 0.15) is 20.8 Å². The number of carbonyl (C=O) groups is 2. The highest BCUT2D eigenvalue weighted by atomic mass is 16.6. The fourth-order valence-corrected chi connectivity index (χ4v) is 1.81. The highest BCUT2D eigenvalue weighted by molar-refractivity contribution is 5.74. The van der Waals surface area contributed by atoms with Crippen LogP contribution in [0, 0.1) is 11.8 Å². The molecule has 1 aliphatic heterocycles. The maximum atomic E-state index is 11.7. The summed E-state index contributed by atoms with van der Waals surface area (Å²) in [6.45, 7) is 5.33. The molecule has 0 bridgehead atoms. The van der Waals surface area contributed by atoms with E-state index in [0.717, 1.165) is 0 Å². The van der Waals surface area contributed by atoms with E-state index in [1.54, 1.807) is 20.8 Å². The highest BCUT2D eigenvalue weighted by Gasteiger charge is 2.40. The van der Waals surface area contributed by atoms with E-state index < -0.39 is 29.5 Å². The summed E-state index contributed by atoms with van der Waals surface area (Å²) in [5, 5.41) is 18.0. The van der Waals surface area contributed by atoms with Crippen molar-refractivity contribution in [2.75, 3.05) is 19.7 Å². The van der Waals surface area contributed by atoms with Crippen molar-refractivity contribution in [1.29, 1.82) is 0 Å². The Morgan fingerprint density at radius 3 is 2.29 bits per heavy atom. The number of carbonyl (C=O) groups excluding carboxylic acids is 1. The lowest BCUT2D eigenvalue weighted by atomic mass is 9.97. The first-order valence-corrected chi connectivity index (χ1v) is 5.56. The number of ether oxygens (including phenoxy) is 1. The molecule has 1 saturated heterocycles. The van der Waals surface area contributed by atoms with Crippen LogP contribution < -0.4 is 0 Å². The minimum absolute atomic E-state index is 0.0927. The molecule has 1 fully saturated rings. The number of aliphatic hydroxyl groups is 1. The fourth-order valence-electron chi connectivity index (χ4n) is 1.81. The van der Waals surface area contributed by atoms with E-state index in [1.807, 2.05) is 0 Å². The molecule has 6 nitrogen and oxygen atoms in total. The number of rotatable bonds is 2. The van der Waals surface area contributed by atoms with Crippen LogP contribution in [0.2, 0.25) is 0 Å². The van der Waals surface area contributed by atoms with E-state index in [0.29, 0.717) is 0 Å². The molecule has 17 heavy (non-hydrogen) atoms. The van der Waals surface area contributed by atoms with Gasteiger partial charge in [-0.05, 0) is 20.8 Å². The van der Waals surface area contributed by atoms with Crippen molar-refractivity contribution < 1.29 is 24.5 Å². The van der Waals surface area contributed by atoms with E-state index in [2.05, 4.69) is 0 Å². The van der Waals surface area contributed by atoms with Crippen LogP contribution in [0.15, 0.2) is 0 Å². The van der Waals surface area contributed by atoms with Gasteiger partial charge in [-0.2, -0.15) is 0 Å². The molecule has 0 saturated carbocycles. The molecule has 0 aromatic carbocycles. The molecule has 1 heterocycles.